The molecule has 2 aromatic heterocycles. The Bertz CT molecular complexity index is 754. The number of halogens is 1. The molecule has 1 aliphatic rings. The number of aromatic nitrogens is 1. The van der Waals surface area contributed by atoms with Crippen LogP contribution < -0.4 is 4.90 Å². The van der Waals surface area contributed by atoms with Gasteiger partial charge in [-0.05, 0) is 46.3 Å². The summed E-state index contributed by atoms with van der Waals surface area (Å²) in [5, 5.41) is 11.4. The van der Waals surface area contributed by atoms with Crippen LogP contribution in [0.5, 0.6) is 0 Å². The number of hydrogen-bond acceptors (Lipinski definition) is 5. The normalized spacial score (nSPS) is 15.4. The smallest absolute Gasteiger partial charge is 0.308 e. The Labute approximate surface area is 147 Å². The quantitative estimate of drug-likeness (QED) is 0.805. The summed E-state index contributed by atoms with van der Waals surface area (Å²) in [6.45, 7) is 1.47. The van der Waals surface area contributed by atoms with E-state index in [9.17, 15) is 10.1 Å². The first-order valence-corrected chi connectivity index (χ1v) is 9.00. The van der Waals surface area contributed by atoms with Crippen molar-refractivity contribution in [2.45, 2.75) is 12.8 Å². The molecule has 0 spiro atoms. The van der Waals surface area contributed by atoms with Gasteiger partial charge in [0.15, 0.2) is 0 Å². The van der Waals surface area contributed by atoms with E-state index in [2.05, 4.69) is 31.9 Å². The van der Waals surface area contributed by atoms with Crippen LogP contribution in [0.2, 0.25) is 0 Å². The van der Waals surface area contributed by atoms with E-state index >= 15 is 0 Å². The Morgan fingerprint density at radius 2 is 2.26 bits per heavy atom. The molecule has 1 saturated heterocycles. The van der Waals surface area contributed by atoms with Crippen LogP contribution in [0.25, 0.3) is 10.6 Å². The van der Waals surface area contributed by atoms with E-state index in [1.54, 1.807) is 11.3 Å². The molecule has 1 aliphatic heterocycles. The largest absolute Gasteiger partial charge is 0.469 e. The molecule has 2 aromatic rings. The standard InChI is InChI=1S/C16H16BrN3O2S/c1-22-16(21)10-2-5-20(6-3-10)15-11(9-18)8-13(19-15)14-12(17)4-7-23-14/h4,7-8,10,19H,2-3,5-6H2,1H3. The first kappa shape index (κ1) is 16.1. The first-order chi connectivity index (χ1) is 11.1. The fraction of sp³-hybridized carbons (Fsp3) is 0.375. The van der Waals surface area contributed by atoms with E-state index in [0.29, 0.717) is 5.56 Å². The van der Waals surface area contributed by atoms with E-state index in [0.717, 1.165) is 46.8 Å². The van der Waals surface area contributed by atoms with Gasteiger partial charge in [-0.15, -0.1) is 11.3 Å². The number of methoxy groups -OCH3 is 1. The molecular weight excluding hydrogens is 378 g/mol. The maximum absolute atomic E-state index is 11.6. The summed E-state index contributed by atoms with van der Waals surface area (Å²) < 4.78 is 5.84. The Balaban J connectivity index is 1.81. The molecule has 5 nitrogen and oxygen atoms in total. The number of ether oxygens (including phenoxy) is 1. The molecule has 3 heterocycles. The van der Waals surface area contributed by atoms with Crippen LogP contribution in [0.3, 0.4) is 0 Å². The topological polar surface area (TPSA) is 69.1 Å². The molecule has 0 aliphatic carbocycles. The maximum atomic E-state index is 11.6. The van der Waals surface area contributed by atoms with Crippen molar-refractivity contribution in [3.8, 4) is 16.6 Å². The minimum absolute atomic E-state index is 0.0392. The third-order valence-corrected chi connectivity index (χ3v) is 6.00. The number of carbonyl (C=O) groups excluding carboxylic acids is 1. The van der Waals surface area contributed by atoms with Crippen LogP contribution in [0.15, 0.2) is 22.0 Å². The van der Waals surface area contributed by atoms with Crippen molar-refractivity contribution in [1.29, 1.82) is 5.26 Å². The highest BCUT2D eigenvalue weighted by atomic mass is 79.9. The summed E-state index contributed by atoms with van der Waals surface area (Å²) in [5.74, 6) is 0.661. The second kappa shape index (κ2) is 6.77. The summed E-state index contributed by atoms with van der Waals surface area (Å²) >= 11 is 5.15. The third-order valence-electron chi connectivity index (χ3n) is 4.12. The van der Waals surface area contributed by atoms with Crippen LogP contribution in [-0.4, -0.2) is 31.2 Å². The zero-order chi connectivity index (χ0) is 16.4. The minimum atomic E-state index is -0.139. The van der Waals surface area contributed by atoms with Gasteiger partial charge in [0.2, 0.25) is 0 Å². The predicted molar refractivity (Wildman–Crippen MR) is 93.5 cm³/mol. The summed E-state index contributed by atoms with van der Waals surface area (Å²) in [7, 11) is 1.43. The van der Waals surface area contributed by atoms with Crippen LogP contribution in [0.1, 0.15) is 18.4 Å². The van der Waals surface area contributed by atoms with Crippen molar-refractivity contribution in [2.75, 3.05) is 25.1 Å². The lowest BCUT2D eigenvalue weighted by Crippen LogP contribution is -2.37. The molecule has 0 atom stereocenters. The molecule has 0 aromatic carbocycles. The first-order valence-electron chi connectivity index (χ1n) is 7.33. The highest BCUT2D eigenvalue weighted by Gasteiger charge is 2.27. The number of nitrogens with one attached hydrogen (secondary N) is 1. The van der Waals surface area contributed by atoms with Gasteiger partial charge in [-0.1, -0.05) is 0 Å². The molecule has 7 heteroatoms. The number of thiophene rings is 1. The number of H-pyrrole nitrogens is 1. The Morgan fingerprint density at radius 3 is 2.83 bits per heavy atom. The number of piperidine rings is 1. The molecule has 0 radical (unpaired) electrons. The van der Waals surface area contributed by atoms with E-state index < -0.39 is 0 Å². The predicted octanol–water partition coefficient (Wildman–Crippen LogP) is 3.77. The molecule has 1 fully saturated rings. The van der Waals surface area contributed by atoms with Crippen molar-refractivity contribution >= 4 is 39.1 Å². The van der Waals surface area contributed by atoms with Gasteiger partial charge in [0.1, 0.15) is 11.9 Å². The van der Waals surface area contributed by atoms with Crippen molar-refractivity contribution in [2.24, 2.45) is 5.92 Å². The molecule has 0 saturated carbocycles. The zero-order valence-electron chi connectivity index (χ0n) is 12.6. The van der Waals surface area contributed by atoms with Gasteiger partial charge < -0.3 is 14.6 Å². The molecule has 0 bridgehead atoms. The van der Waals surface area contributed by atoms with Gasteiger partial charge in [0.25, 0.3) is 0 Å². The average Bonchev–Trinajstić information content (AvgIpc) is 3.19. The van der Waals surface area contributed by atoms with Crippen molar-refractivity contribution < 1.29 is 9.53 Å². The summed E-state index contributed by atoms with van der Waals surface area (Å²) in [6, 6.07) is 6.15. The molecule has 0 amide bonds. The molecule has 3 rings (SSSR count). The van der Waals surface area contributed by atoms with E-state index in [1.807, 2.05) is 17.5 Å². The Hall–Kier alpha value is -1.78. The Kier molecular flexibility index (Phi) is 4.74. The van der Waals surface area contributed by atoms with E-state index in [1.165, 1.54) is 7.11 Å². The zero-order valence-corrected chi connectivity index (χ0v) is 15.0. The summed E-state index contributed by atoms with van der Waals surface area (Å²) in [5.41, 5.74) is 1.57. The maximum Gasteiger partial charge on any atom is 0.308 e. The SMILES string of the molecule is COC(=O)C1CCN(c2[nH]c(-c3sccc3Br)cc2C#N)CC1. The number of aromatic amines is 1. The van der Waals surface area contributed by atoms with Crippen LogP contribution in [-0.2, 0) is 9.53 Å². The highest BCUT2D eigenvalue weighted by molar-refractivity contribution is 9.10. The second-order valence-corrected chi connectivity index (χ2v) is 7.21. The Morgan fingerprint density at radius 1 is 1.52 bits per heavy atom. The van der Waals surface area contributed by atoms with E-state index in [-0.39, 0.29) is 11.9 Å². The molecule has 0 unspecified atom stereocenters. The van der Waals surface area contributed by atoms with Crippen molar-refractivity contribution in [3.05, 3.63) is 27.5 Å². The molecule has 23 heavy (non-hydrogen) atoms. The lowest BCUT2D eigenvalue weighted by molar-refractivity contribution is -0.146. The van der Waals surface area contributed by atoms with Crippen LogP contribution in [0, 0.1) is 17.2 Å². The monoisotopic (exact) mass is 393 g/mol. The average molecular weight is 394 g/mol. The second-order valence-electron chi connectivity index (χ2n) is 5.44. The lowest BCUT2D eigenvalue weighted by Gasteiger charge is -2.31. The number of anilines is 1. The number of rotatable bonds is 3. The van der Waals surface area contributed by atoms with Crippen molar-refractivity contribution in [1.82, 2.24) is 4.98 Å². The lowest BCUT2D eigenvalue weighted by atomic mass is 9.97. The number of esters is 1. The minimum Gasteiger partial charge on any atom is -0.469 e. The molecule has 1 N–H and O–H groups in total. The van der Waals surface area contributed by atoms with Crippen LogP contribution >= 0.6 is 27.3 Å². The number of nitriles is 1. The van der Waals surface area contributed by atoms with Gasteiger partial charge in [-0.25, -0.2) is 0 Å². The molecular formula is C16H16BrN3O2S. The summed E-state index contributed by atoms with van der Waals surface area (Å²) in [4.78, 5) is 18.2. The van der Waals surface area contributed by atoms with Gasteiger partial charge in [-0.3, -0.25) is 4.79 Å². The fourth-order valence-corrected chi connectivity index (χ4v) is 4.45. The summed E-state index contributed by atoms with van der Waals surface area (Å²) in [6.07, 6.45) is 1.49. The molecule has 120 valence electrons. The van der Waals surface area contributed by atoms with Gasteiger partial charge in [0.05, 0.1) is 29.2 Å². The highest BCUT2D eigenvalue weighted by Crippen LogP contribution is 2.36. The van der Waals surface area contributed by atoms with Gasteiger partial charge in [0, 0.05) is 17.6 Å². The third kappa shape index (κ3) is 3.14. The van der Waals surface area contributed by atoms with E-state index in [4.69, 9.17) is 4.74 Å². The van der Waals surface area contributed by atoms with Crippen molar-refractivity contribution in [3.63, 3.8) is 0 Å². The number of carbonyl (C=O) groups is 1. The number of nitrogens with zero attached hydrogens (tertiary/aromatic N) is 2. The van der Waals surface area contributed by atoms with Gasteiger partial charge >= 0.3 is 5.97 Å². The fourth-order valence-electron chi connectivity index (χ4n) is 2.89. The van der Waals surface area contributed by atoms with Crippen LogP contribution in [0.4, 0.5) is 5.82 Å². The van der Waals surface area contributed by atoms with Gasteiger partial charge in [-0.2, -0.15) is 5.26 Å². The number of hydrogen-bond donors (Lipinski definition) is 1.